The Kier molecular flexibility index (Phi) is 6.38. The number of ether oxygens (including phenoxy) is 1. The van der Waals surface area contributed by atoms with Gasteiger partial charge >= 0.3 is 0 Å². The number of hydrogen-bond acceptors (Lipinski definition) is 2. The zero-order valence-electron chi connectivity index (χ0n) is 13.0. The van der Waals surface area contributed by atoms with E-state index < -0.39 is 0 Å². The molecule has 0 saturated carbocycles. The van der Waals surface area contributed by atoms with E-state index in [1.165, 1.54) is 44.1 Å². The predicted octanol–water partition coefficient (Wildman–Crippen LogP) is 4.85. The highest BCUT2D eigenvalue weighted by atomic mass is 16.5. The standard InChI is InChI=1S/C18H29NO/c1-3-4-5-6-7-10-15(2)19-17-13-14-20-18-12-9-8-11-16(17)18/h8-9,11-12,15,17,19H,3-7,10,13-14H2,1-2H3. The first kappa shape index (κ1) is 15.4. The van der Waals surface area contributed by atoms with Gasteiger partial charge in [-0.1, -0.05) is 57.2 Å². The van der Waals surface area contributed by atoms with Crippen LogP contribution in [0.4, 0.5) is 0 Å². The molecule has 1 heterocycles. The second kappa shape index (κ2) is 8.31. The van der Waals surface area contributed by atoms with E-state index in [2.05, 4.69) is 43.4 Å². The Morgan fingerprint density at radius 1 is 1.20 bits per heavy atom. The average Bonchev–Trinajstić information content (AvgIpc) is 2.47. The van der Waals surface area contributed by atoms with E-state index in [9.17, 15) is 0 Å². The zero-order valence-corrected chi connectivity index (χ0v) is 13.0. The van der Waals surface area contributed by atoms with E-state index in [4.69, 9.17) is 4.74 Å². The minimum atomic E-state index is 0.464. The Labute approximate surface area is 123 Å². The highest BCUT2D eigenvalue weighted by Gasteiger charge is 2.21. The van der Waals surface area contributed by atoms with Gasteiger partial charge < -0.3 is 10.1 Å². The van der Waals surface area contributed by atoms with Gasteiger partial charge in [0.2, 0.25) is 0 Å². The molecule has 2 heteroatoms. The summed E-state index contributed by atoms with van der Waals surface area (Å²) in [5.41, 5.74) is 1.33. The molecule has 112 valence electrons. The fraction of sp³-hybridized carbons (Fsp3) is 0.667. The molecular weight excluding hydrogens is 246 g/mol. The minimum absolute atomic E-state index is 0.464. The van der Waals surface area contributed by atoms with Gasteiger partial charge in [-0.3, -0.25) is 0 Å². The van der Waals surface area contributed by atoms with Gasteiger partial charge in [0.1, 0.15) is 5.75 Å². The van der Waals surface area contributed by atoms with Crippen molar-refractivity contribution in [2.24, 2.45) is 0 Å². The number of unbranched alkanes of at least 4 members (excludes halogenated alkanes) is 4. The van der Waals surface area contributed by atoms with Gasteiger partial charge in [0.15, 0.2) is 0 Å². The van der Waals surface area contributed by atoms with Crippen LogP contribution in [-0.2, 0) is 0 Å². The maximum atomic E-state index is 5.72. The van der Waals surface area contributed by atoms with Crippen LogP contribution in [0.1, 0.15) is 70.4 Å². The van der Waals surface area contributed by atoms with Gasteiger partial charge in [-0.25, -0.2) is 0 Å². The quantitative estimate of drug-likeness (QED) is 0.685. The van der Waals surface area contributed by atoms with Gasteiger partial charge in [-0.2, -0.15) is 0 Å². The summed E-state index contributed by atoms with van der Waals surface area (Å²) < 4.78 is 5.72. The van der Waals surface area contributed by atoms with Gasteiger partial charge in [0.05, 0.1) is 6.61 Å². The number of hydrogen-bond donors (Lipinski definition) is 1. The van der Waals surface area contributed by atoms with Crippen molar-refractivity contribution in [2.75, 3.05) is 6.61 Å². The molecule has 0 aromatic heterocycles. The molecule has 2 nitrogen and oxygen atoms in total. The molecule has 0 saturated heterocycles. The zero-order chi connectivity index (χ0) is 14.2. The average molecular weight is 275 g/mol. The van der Waals surface area contributed by atoms with Crippen molar-refractivity contribution in [1.29, 1.82) is 0 Å². The lowest BCUT2D eigenvalue weighted by Crippen LogP contribution is -2.33. The molecule has 0 fully saturated rings. The Morgan fingerprint density at radius 3 is 2.85 bits per heavy atom. The molecule has 2 atom stereocenters. The molecule has 0 bridgehead atoms. The maximum absolute atomic E-state index is 5.72. The molecule has 1 N–H and O–H groups in total. The highest BCUT2D eigenvalue weighted by molar-refractivity contribution is 5.37. The lowest BCUT2D eigenvalue weighted by molar-refractivity contribution is 0.243. The maximum Gasteiger partial charge on any atom is 0.124 e. The molecule has 2 rings (SSSR count). The van der Waals surface area contributed by atoms with Crippen LogP contribution in [0, 0.1) is 0 Å². The monoisotopic (exact) mass is 275 g/mol. The third-order valence-electron chi connectivity index (χ3n) is 4.18. The van der Waals surface area contributed by atoms with E-state index in [-0.39, 0.29) is 0 Å². The SMILES string of the molecule is CCCCCCCC(C)NC1CCOc2ccccc21. The second-order valence-electron chi connectivity index (χ2n) is 6.00. The number of nitrogens with one attached hydrogen (secondary N) is 1. The molecular formula is C18H29NO. The number of para-hydroxylation sites is 1. The lowest BCUT2D eigenvalue weighted by atomic mass is 9.98. The van der Waals surface area contributed by atoms with Crippen molar-refractivity contribution in [1.82, 2.24) is 5.32 Å². The fourth-order valence-electron chi connectivity index (χ4n) is 3.00. The van der Waals surface area contributed by atoms with E-state index in [1.54, 1.807) is 0 Å². The summed E-state index contributed by atoms with van der Waals surface area (Å²) in [6.07, 6.45) is 9.19. The molecule has 1 aliphatic heterocycles. The fourth-order valence-corrected chi connectivity index (χ4v) is 3.00. The molecule has 0 amide bonds. The van der Waals surface area contributed by atoms with Crippen LogP contribution < -0.4 is 10.1 Å². The van der Waals surface area contributed by atoms with Crippen LogP contribution in [0.15, 0.2) is 24.3 Å². The van der Waals surface area contributed by atoms with Gasteiger partial charge in [-0.15, -0.1) is 0 Å². The van der Waals surface area contributed by atoms with Gasteiger partial charge in [-0.05, 0) is 19.4 Å². The third kappa shape index (κ3) is 4.52. The van der Waals surface area contributed by atoms with Crippen LogP contribution in [0.2, 0.25) is 0 Å². The molecule has 0 radical (unpaired) electrons. The van der Waals surface area contributed by atoms with Crippen molar-refractivity contribution in [3.63, 3.8) is 0 Å². The Bertz CT molecular complexity index is 391. The summed E-state index contributed by atoms with van der Waals surface area (Å²) >= 11 is 0. The van der Waals surface area contributed by atoms with Crippen molar-refractivity contribution in [3.8, 4) is 5.75 Å². The van der Waals surface area contributed by atoms with E-state index >= 15 is 0 Å². The predicted molar refractivity (Wildman–Crippen MR) is 85.3 cm³/mol. The van der Waals surface area contributed by atoms with Crippen LogP contribution in [0.3, 0.4) is 0 Å². The number of benzene rings is 1. The van der Waals surface area contributed by atoms with Crippen molar-refractivity contribution >= 4 is 0 Å². The summed E-state index contributed by atoms with van der Waals surface area (Å²) in [5, 5.41) is 3.79. The summed E-state index contributed by atoms with van der Waals surface area (Å²) in [6, 6.07) is 9.49. The number of fused-ring (bicyclic) bond motifs is 1. The Morgan fingerprint density at radius 2 is 2.00 bits per heavy atom. The molecule has 0 spiro atoms. The smallest absolute Gasteiger partial charge is 0.124 e. The van der Waals surface area contributed by atoms with Crippen LogP contribution in [-0.4, -0.2) is 12.6 Å². The summed E-state index contributed by atoms with van der Waals surface area (Å²) in [5.74, 6) is 1.06. The van der Waals surface area contributed by atoms with Gasteiger partial charge in [0.25, 0.3) is 0 Å². The Hall–Kier alpha value is -1.02. The Balaban J connectivity index is 1.76. The summed E-state index contributed by atoms with van der Waals surface area (Å²) in [7, 11) is 0. The third-order valence-corrected chi connectivity index (χ3v) is 4.18. The van der Waals surface area contributed by atoms with Gasteiger partial charge in [0, 0.05) is 24.1 Å². The first-order valence-corrected chi connectivity index (χ1v) is 8.29. The van der Waals surface area contributed by atoms with Crippen molar-refractivity contribution < 1.29 is 4.74 Å². The molecule has 1 aromatic carbocycles. The normalized spacial score (nSPS) is 19.2. The van der Waals surface area contributed by atoms with E-state index in [1.807, 2.05) is 0 Å². The van der Waals surface area contributed by atoms with Crippen molar-refractivity contribution in [3.05, 3.63) is 29.8 Å². The van der Waals surface area contributed by atoms with Crippen molar-refractivity contribution in [2.45, 2.75) is 70.9 Å². The van der Waals surface area contributed by atoms with Crippen LogP contribution in [0.25, 0.3) is 0 Å². The summed E-state index contributed by atoms with van der Waals surface area (Å²) in [4.78, 5) is 0. The topological polar surface area (TPSA) is 21.3 Å². The minimum Gasteiger partial charge on any atom is -0.493 e. The molecule has 20 heavy (non-hydrogen) atoms. The van der Waals surface area contributed by atoms with E-state index in [0.717, 1.165) is 18.8 Å². The molecule has 1 aliphatic rings. The molecule has 1 aromatic rings. The summed E-state index contributed by atoms with van der Waals surface area (Å²) in [6.45, 7) is 5.42. The van der Waals surface area contributed by atoms with E-state index in [0.29, 0.717) is 12.1 Å². The molecule has 2 unspecified atom stereocenters. The second-order valence-corrected chi connectivity index (χ2v) is 6.00. The number of rotatable bonds is 8. The highest BCUT2D eigenvalue weighted by Crippen LogP contribution is 2.32. The van der Waals surface area contributed by atoms with Crippen LogP contribution >= 0.6 is 0 Å². The first-order valence-electron chi connectivity index (χ1n) is 8.29. The largest absolute Gasteiger partial charge is 0.493 e. The molecule has 0 aliphatic carbocycles. The van der Waals surface area contributed by atoms with Crippen LogP contribution in [0.5, 0.6) is 5.75 Å². The first-order chi connectivity index (χ1) is 9.81. The lowest BCUT2D eigenvalue weighted by Gasteiger charge is -2.29.